The quantitative estimate of drug-likeness (QED) is 0.876. The van der Waals surface area contributed by atoms with E-state index in [4.69, 9.17) is 4.74 Å². The Labute approximate surface area is 125 Å². The molecule has 0 radical (unpaired) electrons. The molecule has 0 aliphatic rings. The molecule has 0 spiro atoms. The lowest BCUT2D eigenvalue weighted by Gasteiger charge is -2.16. The van der Waals surface area contributed by atoms with Gasteiger partial charge in [-0.2, -0.15) is 0 Å². The molecule has 0 amide bonds. The number of hydrogen-bond donors (Lipinski definition) is 1. The summed E-state index contributed by atoms with van der Waals surface area (Å²) in [6, 6.07) is 6.34. The number of rotatable bonds is 6. The van der Waals surface area contributed by atoms with Gasteiger partial charge in [0.15, 0.2) is 0 Å². The van der Waals surface area contributed by atoms with Gasteiger partial charge >= 0.3 is 0 Å². The molecule has 1 atom stereocenters. The van der Waals surface area contributed by atoms with Gasteiger partial charge in [0, 0.05) is 5.38 Å². The monoisotopic (exact) mass is 341 g/mol. The van der Waals surface area contributed by atoms with E-state index in [1.165, 1.54) is 17.1 Å². The van der Waals surface area contributed by atoms with Gasteiger partial charge in [-0.05, 0) is 58.1 Å². The van der Waals surface area contributed by atoms with Crippen LogP contribution in [-0.2, 0) is 6.42 Å². The second-order valence-corrected chi connectivity index (χ2v) is 5.58. The van der Waals surface area contributed by atoms with E-state index in [1.54, 1.807) is 7.11 Å². The van der Waals surface area contributed by atoms with E-state index in [9.17, 15) is 0 Å². The van der Waals surface area contributed by atoms with Gasteiger partial charge in [0.2, 0.25) is 0 Å². The van der Waals surface area contributed by atoms with Crippen LogP contribution in [0.25, 0.3) is 0 Å². The largest absolute Gasteiger partial charge is 0.496 e. The highest BCUT2D eigenvalue weighted by Gasteiger charge is 2.14. The summed E-state index contributed by atoms with van der Waals surface area (Å²) in [6.07, 6.45) is 0.877. The van der Waals surface area contributed by atoms with E-state index in [-0.39, 0.29) is 6.04 Å². The van der Waals surface area contributed by atoms with Gasteiger partial charge in [-0.25, -0.2) is 0 Å². The molecule has 2 aromatic rings. The molecule has 0 saturated carbocycles. The molecule has 0 fully saturated rings. The number of benzene rings is 1. The molecule has 1 N–H and O–H groups in total. The van der Waals surface area contributed by atoms with Crippen molar-refractivity contribution in [1.29, 1.82) is 0 Å². The summed E-state index contributed by atoms with van der Waals surface area (Å²) in [5.41, 5.74) is 2.23. The van der Waals surface area contributed by atoms with Gasteiger partial charge in [0.1, 0.15) is 5.75 Å². The summed E-state index contributed by atoms with van der Waals surface area (Å²) < 4.78 is 10.1. The number of hydrogen-bond acceptors (Lipinski definition) is 5. The van der Waals surface area contributed by atoms with Crippen molar-refractivity contribution in [3.63, 3.8) is 0 Å². The third-order valence-corrected chi connectivity index (χ3v) is 3.98. The lowest BCUT2D eigenvalue weighted by molar-refractivity contribution is 0.412. The van der Waals surface area contributed by atoms with Crippen LogP contribution in [0.1, 0.15) is 24.2 Å². The second kappa shape index (κ2) is 6.98. The van der Waals surface area contributed by atoms with Gasteiger partial charge in [0.05, 0.1) is 23.3 Å². The van der Waals surface area contributed by atoms with Crippen LogP contribution >= 0.6 is 27.5 Å². The van der Waals surface area contributed by atoms with E-state index in [0.717, 1.165) is 28.9 Å². The molecule has 1 aromatic carbocycles. The topological polar surface area (TPSA) is 47.0 Å². The SMILES string of the molecule is CCNC(Cc1ccc(OC)c(Br)c1)c1csnn1. The molecular weight excluding hydrogens is 326 g/mol. The third kappa shape index (κ3) is 3.75. The van der Waals surface area contributed by atoms with E-state index in [1.807, 2.05) is 11.4 Å². The molecular formula is C13H16BrN3OS. The highest BCUT2D eigenvalue weighted by molar-refractivity contribution is 9.10. The number of nitrogens with one attached hydrogen (secondary N) is 1. The first-order chi connectivity index (χ1) is 9.24. The van der Waals surface area contributed by atoms with Crippen LogP contribution in [0.15, 0.2) is 28.1 Å². The molecule has 1 heterocycles. The molecule has 102 valence electrons. The first kappa shape index (κ1) is 14.4. The van der Waals surface area contributed by atoms with Gasteiger partial charge < -0.3 is 10.1 Å². The Kier molecular flexibility index (Phi) is 5.30. The Morgan fingerprint density at radius 3 is 2.89 bits per heavy atom. The van der Waals surface area contributed by atoms with Crippen molar-refractivity contribution in [2.45, 2.75) is 19.4 Å². The predicted molar refractivity (Wildman–Crippen MR) is 80.7 cm³/mol. The minimum atomic E-state index is 0.198. The highest BCUT2D eigenvalue weighted by Crippen LogP contribution is 2.27. The van der Waals surface area contributed by atoms with Crippen LogP contribution in [0, 0.1) is 0 Å². The molecule has 0 bridgehead atoms. The average molecular weight is 342 g/mol. The molecule has 0 aliphatic carbocycles. The maximum atomic E-state index is 5.24. The number of likely N-dealkylation sites (N-methyl/N-ethyl adjacent to an activating group) is 1. The standard InChI is InChI=1S/C13H16BrN3OS/c1-3-15-11(12-8-19-17-16-12)7-9-4-5-13(18-2)10(14)6-9/h4-6,8,11,15H,3,7H2,1-2H3. The van der Waals surface area contributed by atoms with Crippen LogP contribution < -0.4 is 10.1 Å². The summed E-state index contributed by atoms with van der Waals surface area (Å²) in [5, 5.41) is 9.59. The Balaban J connectivity index is 2.15. The summed E-state index contributed by atoms with van der Waals surface area (Å²) in [5.74, 6) is 0.846. The first-order valence-electron chi connectivity index (χ1n) is 6.07. The maximum absolute atomic E-state index is 5.24. The fourth-order valence-corrected chi connectivity index (χ4v) is 3.02. The molecule has 4 nitrogen and oxygen atoms in total. The lowest BCUT2D eigenvalue weighted by Crippen LogP contribution is -2.23. The number of nitrogens with zero attached hydrogens (tertiary/aromatic N) is 2. The number of aromatic nitrogens is 2. The van der Waals surface area contributed by atoms with Gasteiger partial charge in [-0.1, -0.05) is 17.5 Å². The fourth-order valence-electron chi connectivity index (χ4n) is 1.92. The first-order valence-corrected chi connectivity index (χ1v) is 7.70. The van der Waals surface area contributed by atoms with Crippen molar-refractivity contribution in [2.75, 3.05) is 13.7 Å². The minimum Gasteiger partial charge on any atom is -0.496 e. The smallest absolute Gasteiger partial charge is 0.133 e. The van der Waals surface area contributed by atoms with Crippen molar-refractivity contribution in [2.24, 2.45) is 0 Å². The fraction of sp³-hybridized carbons (Fsp3) is 0.385. The molecule has 1 unspecified atom stereocenters. The number of methoxy groups -OCH3 is 1. The van der Waals surface area contributed by atoms with Gasteiger partial charge in [-0.3, -0.25) is 0 Å². The van der Waals surface area contributed by atoms with E-state index >= 15 is 0 Å². The van der Waals surface area contributed by atoms with Crippen molar-refractivity contribution >= 4 is 27.5 Å². The molecule has 2 rings (SSSR count). The zero-order valence-corrected chi connectivity index (χ0v) is 13.3. The van der Waals surface area contributed by atoms with Crippen molar-refractivity contribution in [3.05, 3.63) is 39.3 Å². The van der Waals surface area contributed by atoms with Gasteiger partial charge in [0.25, 0.3) is 0 Å². The maximum Gasteiger partial charge on any atom is 0.133 e. The van der Waals surface area contributed by atoms with E-state index < -0.39 is 0 Å². The minimum absolute atomic E-state index is 0.198. The van der Waals surface area contributed by atoms with Crippen molar-refractivity contribution < 1.29 is 4.74 Å². The molecule has 0 saturated heterocycles. The summed E-state index contributed by atoms with van der Waals surface area (Å²) in [4.78, 5) is 0. The zero-order chi connectivity index (χ0) is 13.7. The van der Waals surface area contributed by atoms with Gasteiger partial charge in [-0.15, -0.1) is 5.10 Å². The summed E-state index contributed by atoms with van der Waals surface area (Å²) in [7, 11) is 1.67. The van der Waals surface area contributed by atoms with Crippen LogP contribution in [0.4, 0.5) is 0 Å². The second-order valence-electron chi connectivity index (χ2n) is 4.11. The number of halogens is 1. The van der Waals surface area contributed by atoms with Crippen LogP contribution in [0.3, 0.4) is 0 Å². The van der Waals surface area contributed by atoms with Crippen LogP contribution in [0.2, 0.25) is 0 Å². The lowest BCUT2D eigenvalue weighted by atomic mass is 10.0. The van der Waals surface area contributed by atoms with Crippen molar-refractivity contribution in [3.8, 4) is 5.75 Å². The summed E-state index contributed by atoms with van der Waals surface area (Å²) >= 11 is 4.90. The Bertz CT molecular complexity index is 519. The van der Waals surface area contributed by atoms with Crippen LogP contribution in [-0.4, -0.2) is 23.2 Å². The highest BCUT2D eigenvalue weighted by atomic mass is 79.9. The normalized spacial score (nSPS) is 12.4. The Hall–Kier alpha value is -0.980. The number of ether oxygens (including phenoxy) is 1. The molecule has 1 aromatic heterocycles. The van der Waals surface area contributed by atoms with E-state index in [2.05, 4.69) is 49.9 Å². The molecule has 0 aliphatic heterocycles. The van der Waals surface area contributed by atoms with Crippen molar-refractivity contribution in [1.82, 2.24) is 14.9 Å². The molecule has 6 heteroatoms. The zero-order valence-electron chi connectivity index (χ0n) is 10.9. The molecule has 19 heavy (non-hydrogen) atoms. The average Bonchev–Trinajstić information content (AvgIpc) is 2.92. The Morgan fingerprint density at radius 1 is 1.47 bits per heavy atom. The predicted octanol–water partition coefficient (Wildman–Crippen LogP) is 3.20. The third-order valence-electron chi connectivity index (χ3n) is 2.84. The Morgan fingerprint density at radius 2 is 2.32 bits per heavy atom. The van der Waals surface area contributed by atoms with E-state index in [0.29, 0.717) is 0 Å². The van der Waals surface area contributed by atoms with Crippen LogP contribution in [0.5, 0.6) is 5.75 Å². The summed E-state index contributed by atoms with van der Waals surface area (Å²) in [6.45, 7) is 3.00.